The van der Waals surface area contributed by atoms with Crippen LogP contribution in [0.2, 0.25) is 0 Å². The molecule has 0 radical (unpaired) electrons. The molecule has 4 atom stereocenters. The average Bonchev–Trinajstić information content (AvgIpc) is 2.25. The van der Waals surface area contributed by atoms with Gasteiger partial charge in [0.1, 0.15) is 0 Å². The molecule has 1 fully saturated rings. The third-order valence-corrected chi connectivity index (χ3v) is 2.29. The third-order valence-electron chi connectivity index (χ3n) is 2.29. The van der Waals surface area contributed by atoms with E-state index in [9.17, 15) is 18.8 Å². The minimum Gasteiger partial charge on any atom is -0.456 e. The number of hydrogen-bond donors (Lipinski definition) is 0. The summed E-state index contributed by atoms with van der Waals surface area (Å²) < 4.78 is 32.8. The first-order chi connectivity index (χ1) is 8.81. The van der Waals surface area contributed by atoms with Gasteiger partial charge in [0.05, 0.1) is 6.61 Å². The highest BCUT2D eigenvalue weighted by molar-refractivity contribution is 5.68. The van der Waals surface area contributed by atoms with Crippen molar-refractivity contribution in [3.8, 4) is 0 Å². The molecule has 0 spiro atoms. The number of halogens is 1. The summed E-state index contributed by atoms with van der Waals surface area (Å²) in [5, 5.41) is 0. The van der Waals surface area contributed by atoms with Gasteiger partial charge < -0.3 is 18.9 Å². The van der Waals surface area contributed by atoms with Gasteiger partial charge >= 0.3 is 17.9 Å². The maximum atomic E-state index is 13.6. The molecule has 7 nitrogen and oxygen atoms in total. The highest BCUT2D eigenvalue weighted by Gasteiger charge is 2.47. The lowest BCUT2D eigenvalue weighted by molar-refractivity contribution is -0.248. The summed E-state index contributed by atoms with van der Waals surface area (Å²) in [5.41, 5.74) is 0. The Morgan fingerprint density at radius 1 is 0.947 bits per heavy atom. The van der Waals surface area contributed by atoms with Crippen molar-refractivity contribution in [2.24, 2.45) is 0 Å². The van der Waals surface area contributed by atoms with Crippen LogP contribution in [0.4, 0.5) is 4.39 Å². The van der Waals surface area contributed by atoms with Crippen LogP contribution >= 0.6 is 0 Å². The van der Waals surface area contributed by atoms with Crippen LogP contribution in [0, 0.1) is 0 Å². The average molecular weight is 278 g/mol. The molecule has 1 heterocycles. The summed E-state index contributed by atoms with van der Waals surface area (Å²) in [4.78, 5) is 32.9. The molecule has 0 N–H and O–H groups in total. The first-order valence-corrected chi connectivity index (χ1v) is 5.58. The van der Waals surface area contributed by atoms with Gasteiger partial charge in [-0.1, -0.05) is 0 Å². The van der Waals surface area contributed by atoms with Crippen LogP contribution in [0.1, 0.15) is 20.8 Å². The fourth-order valence-electron chi connectivity index (χ4n) is 1.70. The molecular weight excluding hydrogens is 263 g/mol. The standard InChI is InChI=1S/C11H15FO7/c1-5(13)17-8-4-16-11(12)10(19-7(3)15)9(8)18-6(2)14/h8-11H,4H2,1-3H3/t8-,9-,10+,11-/m0/s1. The quantitative estimate of drug-likeness (QED) is 0.534. The maximum absolute atomic E-state index is 13.6. The first kappa shape index (κ1) is 15.4. The van der Waals surface area contributed by atoms with E-state index in [1.807, 2.05) is 0 Å². The molecule has 19 heavy (non-hydrogen) atoms. The van der Waals surface area contributed by atoms with E-state index in [-0.39, 0.29) is 6.61 Å². The van der Waals surface area contributed by atoms with Gasteiger partial charge in [0.2, 0.25) is 6.36 Å². The van der Waals surface area contributed by atoms with Gasteiger partial charge in [-0.3, -0.25) is 14.4 Å². The van der Waals surface area contributed by atoms with Crippen molar-refractivity contribution >= 4 is 17.9 Å². The van der Waals surface area contributed by atoms with Gasteiger partial charge in [-0.2, -0.15) is 0 Å². The summed E-state index contributed by atoms with van der Waals surface area (Å²) in [6, 6.07) is 0. The van der Waals surface area contributed by atoms with E-state index in [0.717, 1.165) is 20.8 Å². The molecule has 8 heteroatoms. The number of hydrogen-bond acceptors (Lipinski definition) is 7. The molecule has 0 unspecified atom stereocenters. The van der Waals surface area contributed by atoms with E-state index in [0.29, 0.717) is 0 Å². The fraction of sp³-hybridized carbons (Fsp3) is 0.727. The summed E-state index contributed by atoms with van der Waals surface area (Å²) in [5.74, 6) is -2.13. The van der Waals surface area contributed by atoms with Crippen molar-refractivity contribution in [2.75, 3.05) is 6.61 Å². The molecule has 108 valence electrons. The second kappa shape index (κ2) is 6.46. The summed E-state index contributed by atoms with van der Waals surface area (Å²) in [7, 11) is 0. The number of carbonyl (C=O) groups is 3. The Hall–Kier alpha value is -1.70. The second-order valence-corrected chi connectivity index (χ2v) is 3.98. The number of ether oxygens (including phenoxy) is 4. The van der Waals surface area contributed by atoms with Crippen LogP contribution in [0.5, 0.6) is 0 Å². The smallest absolute Gasteiger partial charge is 0.303 e. The van der Waals surface area contributed by atoms with E-state index >= 15 is 0 Å². The Morgan fingerprint density at radius 2 is 1.42 bits per heavy atom. The lowest BCUT2D eigenvalue weighted by atomic mass is 10.1. The van der Waals surface area contributed by atoms with Gasteiger partial charge in [-0.25, -0.2) is 4.39 Å². The molecule has 0 aliphatic carbocycles. The number of esters is 3. The van der Waals surface area contributed by atoms with Crippen molar-refractivity contribution in [2.45, 2.75) is 45.4 Å². The Kier molecular flexibility index (Phi) is 5.22. The molecule has 1 aliphatic rings. The van der Waals surface area contributed by atoms with Crippen molar-refractivity contribution in [1.82, 2.24) is 0 Å². The highest BCUT2D eigenvalue weighted by Crippen LogP contribution is 2.24. The lowest BCUT2D eigenvalue weighted by Crippen LogP contribution is -2.56. The number of rotatable bonds is 3. The topological polar surface area (TPSA) is 88.1 Å². The largest absolute Gasteiger partial charge is 0.456 e. The van der Waals surface area contributed by atoms with Gasteiger partial charge in [0.15, 0.2) is 18.3 Å². The van der Waals surface area contributed by atoms with Crippen molar-refractivity contribution in [1.29, 1.82) is 0 Å². The molecule has 1 aliphatic heterocycles. The van der Waals surface area contributed by atoms with Crippen molar-refractivity contribution in [3.63, 3.8) is 0 Å². The monoisotopic (exact) mass is 278 g/mol. The van der Waals surface area contributed by atoms with E-state index in [1.54, 1.807) is 0 Å². The van der Waals surface area contributed by atoms with Crippen LogP contribution in [0.25, 0.3) is 0 Å². The van der Waals surface area contributed by atoms with Crippen LogP contribution < -0.4 is 0 Å². The molecule has 1 saturated heterocycles. The minimum atomic E-state index is -1.96. The van der Waals surface area contributed by atoms with E-state index in [1.165, 1.54) is 0 Å². The minimum absolute atomic E-state index is 0.295. The molecule has 0 aromatic heterocycles. The lowest BCUT2D eigenvalue weighted by Gasteiger charge is -2.37. The summed E-state index contributed by atoms with van der Waals surface area (Å²) in [6.45, 7) is 3.04. The van der Waals surface area contributed by atoms with Gasteiger partial charge in [-0.05, 0) is 0 Å². The third kappa shape index (κ3) is 4.47. The van der Waals surface area contributed by atoms with Crippen molar-refractivity contribution < 1.29 is 37.7 Å². The molecular formula is C11H15FO7. The normalized spacial score (nSPS) is 30.3. The fourth-order valence-corrected chi connectivity index (χ4v) is 1.70. The summed E-state index contributed by atoms with van der Waals surface area (Å²) >= 11 is 0. The Bertz CT molecular complexity index is 370. The Labute approximate surface area is 108 Å². The molecule has 0 saturated carbocycles. The molecule has 0 bridgehead atoms. The van der Waals surface area contributed by atoms with Gasteiger partial charge in [0, 0.05) is 20.8 Å². The Balaban J connectivity index is 2.89. The zero-order valence-corrected chi connectivity index (χ0v) is 10.8. The molecule has 1 rings (SSSR count). The predicted molar refractivity (Wildman–Crippen MR) is 57.5 cm³/mol. The molecule has 0 aromatic carbocycles. The first-order valence-electron chi connectivity index (χ1n) is 5.58. The number of alkyl halides is 1. The van der Waals surface area contributed by atoms with Crippen LogP contribution in [-0.2, 0) is 33.3 Å². The second-order valence-electron chi connectivity index (χ2n) is 3.98. The van der Waals surface area contributed by atoms with Crippen LogP contribution in [0.15, 0.2) is 0 Å². The number of carbonyl (C=O) groups excluding carboxylic acids is 3. The SMILES string of the molecule is CC(=O)O[C@@H]1[C@@H](OC(C)=O)[C@@H](F)OC[C@@H]1OC(C)=O. The van der Waals surface area contributed by atoms with Gasteiger partial charge in [0.25, 0.3) is 0 Å². The zero-order valence-electron chi connectivity index (χ0n) is 10.8. The Morgan fingerprint density at radius 3 is 1.89 bits per heavy atom. The van der Waals surface area contributed by atoms with Gasteiger partial charge in [-0.15, -0.1) is 0 Å². The van der Waals surface area contributed by atoms with Crippen LogP contribution in [0.3, 0.4) is 0 Å². The highest BCUT2D eigenvalue weighted by atomic mass is 19.1. The maximum Gasteiger partial charge on any atom is 0.303 e. The predicted octanol–water partition coefficient (Wildman–Crippen LogP) is 0.107. The van der Waals surface area contributed by atoms with E-state index in [2.05, 4.69) is 0 Å². The molecule has 0 amide bonds. The van der Waals surface area contributed by atoms with Crippen molar-refractivity contribution in [3.05, 3.63) is 0 Å². The zero-order chi connectivity index (χ0) is 14.6. The van der Waals surface area contributed by atoms with Crippen LogP contribution in [-0.4, -0.2) is 49.2 Å². The van der Waals surface area contributed by atoms with E-state index in [4.69, 9.17) is 18.9 Å². The summed E-state index contributed by atoms with van der Waals surface area (Å²) in [6.07, 6.45) is -5.70. The molecule has 0 aromatic rings. The van der Waals surface area contributed by atoms with E-state index < -0.39 is 42.6 Å².